The molecule has 6 rings (SSSR count). The highest BCUT2D eigenvalue weighted by molar-refractivity contribution is 5.85. The molecule has 1 spiro atoms. The van der Waals surface area contributed by atoms with Crippen LogP contribution in [0.2, 0.25) is 0 Å². The maximum absolute atomic E-state index is 13.6. The van der Waals surface area contributed by atoms with Crippen molar-refractivity contribution in [3.8, 4) is 5.75 Å². The summed E-state index contributed by atoms with van der Waals surface area (Å²) in [5, 5.41) is 0. The summed E-state index contributed by atoms with van der Waals surface area (Å²) in [6.07, 6.45) is 8.29. The van der Waals surface area contributed by atoms with Crippen LogP contribution in [-0.4, -0.2) is 79.2 Å². The Labute approximate surface area is 256 Å². The van der Waals surface area contributed by atoms with Crippen LogP contribution >= 0.6 is 12.4 Å². The van der Waals surface area contributed by atoms with Crippen LogP contribution in [0.5, 0.6) is 5.75 Å². The second-order valence-electron chi connectivity index (χ2n) is 12.7. The van der Waals surface area contributed by atoms with Crippen molar-refractivity contribution < 1.29 is 19.1 Å². The van der Waals surface area contributed by atoms with Crippen LogP contribution in [0.4, 0.5) is 4.79 Å². The molecule has 1 aliphatic carbocycles. The second-order valence-corrected chi connectivity index (χ2v) is 12.7. The van der Waals surface area contributed by atoms with Gasteiger partial charge in [-0.25, -0.2) is 4.79 Å². The number of likely N-dealkylation sites (tertiary alicyclic amines) is 3. The fourth-order valence-electron chi connectivity index (χ4n) is 7.64. The first kappa shape index (κ1) is 30.7. The molecule has 1 saturated carbocycles. The average molecular weight is 596 g/mol. The maximum Gasteiger partial charge on any atom is 0.410 e. The molecule has 3 heterocycles. The topological polar surface area (TPSA) is 62.3 Å². The molecule has 8 heteroatoms. The van der Waals surface area contributed by atoms with Gasteiger partial charge in [-0.3, -0.25) is 4.79 Å². The summed E-state index contributed by atoms with van der Waals surface area (Å²) in [6.45, 7) is 5.79. The molecule has 2 atom stereocenters. The molecular formula is C34H46ClN3O4. The largest absolute Gasteiger partial charge is 0.497 e. The first-order chi connectivity index (χ1) is 20.0. The summed E-state index contributed by atoms with van der Waals surface area (Å²) in [6, 6.07) is 18.7. The molecule has 2 aromatic rings. The Morgan fingerprint density at radius 3 is 2.29 bits per heavy atom. The number of methoxy groups -OCH3 is 1. The maximum atomic E-state index is 13.6. The number of piperidine rings is 1. The number of carbonyl (C=O) groups is 2. The van der Waals surface area contributed by atoms with Crippen LogP contribution in [-0.2, 0) is 16.1 Å². The zero-order valence-electron chi connectivity index (χ0n) is 24.9. The molecule has 0 radical (unpaired) electrons. The highest BCUT2D eigenvalue weighted by Gasteiger charge is 2.48. The highest BCUT2D eigenvalue weighted by Crippen LogP contribution is 2.43. The van der Waals surface area contributed by atoms with Crippen LogP contribution in [0, 0.1) is 11.3 Å². The number of hydrogen-bond donors (Lipinski definition) is 0. The quantitative estimate of drug-likeness (QED) is 0.386. The average Bonchev–Trinajstić information content (AvgIpc) is 3.57. The zero-order valence-corrected chi connectivity index (χ0v) is 25.7. The molecule has 3 saturated heterocycles. The summed E-state index contributed by atoms with van der Waals surface area (Å²) in [5.74, 6) is 1.83. The van der Waals surface area contributed by atoms with Gasteiger partial charge in [-0.05, 0) is 87.2 Å². The van der Waals surface area contributed by atoms with Gasteiger partial charge in [0.15, 0.2) is 0 Å². The van der Waals surface area contributed by atoms with E-state index in [-0.39, 0.29) is 30.0 Å². The molecule has 228 valence electrons. The molecule has 7 nitrogen and oxygen atoms in total. The number of rotatable bonds is 7. The second kappa shape index (κ2) is 13.7. The fraction of sp³-hybridized carbons (Fsp3) is 0.588. The lowest BCUT2D eigenvalue weighted by molar-refractivity contribution is -0.139. The van der Waals surface area contributed by atoms with Crippen molar-refractivity contribution in [3.63, 3.8) is 0 Å². The predicted molar refractivity (Wildman–Crippen MR) is 166 cm³/mol. The fourth-order valence-corrected chi connectivity index (χ4v) is 7.64. The van der Waals surface area contributed by atoms with Crippen LogP contribution < -0.4 is 4.74 Å². The number of amides is 2. The number of nitrogens with zero attached hydrogens (tertiary/aromatic N) is 3. The van der Waals surface area contributed by atoms with Crippen LogP contribution in [0.3, 0.4) is 0 Å². The Hall–Kier alpha value is -2.77. The standard InChI is InChI=1S/C34H45N3O4.ClH/c1-40-29-14-12-26(13-15-29)22-36-21-18-34(32(36)38)16-19-35(20-17-34)23-28-24-37(25-31(28)27-8-4-2-5-9-27)33(39)41-30-10-6-3-7-11-30;/h2,4-5,8-9,12-15,28,30-31H,3,6-7,10-11,16-25H2,1H3;1H/t28-,31+;/m0./s1. The monoisotopic (exact) mass is 595 g/mol. The highest BCUT2D eigenvalue weighted by atomic mass is 35.5. The minimum absolute atomic E-state index is 0. The van der Waals surface area contributed by atoms with Gasteiger partial charge in [0, 0.05) is 38.6 Å². The number of benzene rings is 2. The Bertz CT molecular complexity index is 1180. The van der Waals surface area contributed by atoms with Gasteiger partial charge in [-0.15, -0.1) is 12.4 Å². The van der Waals surface area contributed by atoms with Crippen molar-refractivity contribution in [2.45, 2.75) is 69.9 Å². The Kier molecular flexibility index (Phi) is 10.00. The predicted octanol–water partition coefficient (Wildman–Crippen LogP) is 6.12. The number of ether oxygens (including phenoxy) is 2. The molecule has 3 aliphatic heterocycles. The molecule has 2 aromatic carbocycles. The molecule has 0 bridgehead atoms. The van der Waals surface area contributed by atoms with Gasteiger partial charge >= 0.3 is 6.09 Å². The van der Waals surface area contributed by atoms with Crippen molar-refractivity contribution in [2.24, 2.45) is 11.3 Å². The third-order valence-electron chi connectivity index (χ3n) is 10.2. The lowest BCUT2D eigenvalue weighted by Crippen LogP contribution is -2.46. The Balaban J connectivity index is 0.00000353. The number of hydrogen-bond acceptors (Lipinski definition) is 5. The van der Waals surface area contributed by atoms with E-state index in [0.717, 1.165) is 95.5 Å². The smallest absolute Gasteiger partial charge is 0.410 e. The third-order valence-corrected chi connectivity index (χ3v) is 10.2. The van der Waals surface area contributed by atoms with E-state index in [1.165, 1.54) is 12.0 Å². The minimum atomic E-state index is -0.215. The molecule has 0 unspecified atom stereocenters. The zero-order chi connectivity index (χ0) is 28.2. The minimum Gasteiger partial charge on any atom is -0.497 e. The molecule has 0 aromatic heterocycles. The summed E-state index contributed by atoms with van der Waals surface area (Å²) in [5.41, 5.74) is 2.24. The van der Waals surface area contributed by atoms with Crippen molar-refractivity contribution >= 4 is 24.4 Å². The van der Waals surface area contributed by atoms with Gasteiger partial charge in [-0.2, -0.15) is 0 Å². The van der Waals surface area contributed by atoms with Gasteiger partial charge in [0.25, 0.3) is 0 Å². The summed E-state index contributed by atoms with van der Waals surface area (Å²) in [4.78, 5) is 33.3. The number of halogens is 1. The van der Waals surface area contributed by atoms with E-state index < -0.39 is 0 Å². The normalized spacial score (nSPS) is 24.5. The first-order valence-electron chi connectivity index (χ1n) is 15.7. The third kappa shape index (κ3) is 6.73. The number of carbonyl (C=O) groups excluding carboxylic acids is 2. The lowest BCUT2D eigenvalue weighted by atomic mass is 9.76. The van der Waals surface area contributed by atoms with E-state index in [0.29, 0.717) is 24.3 Å². The molecule has 0 N–H and O–H groups in total. The van der Waals surface area contributed by atoms with E-state index >= 15 is 0 Å². The van der Waals surface area contributed by atoms with Crippen molar-refractivity contribution in [1.29, 1.82) is 0 Å². The van der Waals surface area contributed by atoms with Gasteiger partial charge in [0.05, 0.1) is 12.5 Å². The van der Waals surface area contributed by atoms with Crippen molar-refractivity contribution in [2.75, 3.05) is 46.4 Å². The van der Waals surface area contributed by atoms with Crippen LogP contribution in [0.1, 0.15) is 68.4 Å². The van der Waals surface area contributed by atoms with E-state index in [4.69, 9.17) is 9.47 Å². The van der Waals surface area contributed by atoms with Crippen molar-refractivity contribution in [3.05, 3.63) is 65.7 Å². The SMILES string of the molecule is COc1ccc(CN2CCC3(CCN(C[C@H]4CN(C(=O)OC5CCCCC5)C[C@@H]4c4ccccc4)CC3)C2=O)cc1.Cl. The van der Waals surface area contributed by atoms with E-state index in [1.807, 2.05) is 17.0 Å². The molecular weight excluding hydrogens is 550 g/mol. The van der Waals surface area contributed by atoms with Gasteiger partial charge < -0.3 is 24.2 Å². The van der Waals surface area contributed by atoms with Crippen LogP contribution in [0.15, 0.2) is 54.6 Å². The Morgan fingerprint density at radius 1 is 0.905 bits per heavy atom. The van der Waals surface area contributed by atoms with Crippen molar-refractivity contribution in [1.82, 2.24) is 14.7 Å². The molecule has 4 aliphatic rings. The summed E-state index contributed by atoms with van der Waals surface area (Å²) >= 11 is 0. The lowest BCUT2D eigenvalue weighted by Gasteiger charge is -2.39. The molecule has 4 fully saturated rings. The molecule has 42 heavy (non-hydrogen) atoms. The van der Waals surface area contributed by atoms with E-state index in [1.54, 1.807) is 7.11 Å². The van der Waals surface area contributed by atoms with E-state index in [2.05, 4.69) is 52.3 Å². The van der Waals surface area contributed by atoms with Gasteiger partial charge in [0.2, 0.25) is 5.91 Å². The summed E-state index contributed by atoms with van der Waals surface area (Å²) in [7, 11) is 1.67. The van der Waals surface area contributed by atoms with E-state index in [9.17, 15) is 9.59 Å². The first-order valence-corrected chi connectivity index (χ1v) is 15.7. The van der Waals surface area contributed by atoms with Gasteiger partial charge in [0.1, 0.15) is 11.9 Å². The summed E-state index contributed by atoms with van der Waals surface area (Å²) < 4.78 is 11.2. The molecule has 2 amide bonds. The van der Waals surface area contributed by atoms with Crippen LogP contribution in [0.25, 0.3) is 0 Å². The Morgan fingerprint density at radius 2 is 1.60 bits per heavy atom. The van der Waals surface area contributed by atoms with Gasteiger partial charge in [-0.1, -0.05) is 48.9 Å².